The normalized spacial score (nSPS) is 12.4. The number of halogens is 3. The molecule has 4 N–H and O–H groups in total. The Kier molecular flexibility index (Phi) is 6.71. The van der Waals surface area contributed by atoms with Crippen molar-refractivity contribution in [3.05, 3.63) is 63.9 Å². The van der Waals surface area contributed by atoms with Crippen LogP contribution in [-0.2, 0) is 24.1 Å². The van der Waals surface area contributed by atoms with Crippen molar-refractivity contribution in [2.24, 2.45) is 5.73 Å². The molecule has 0 aliphatic rings. The third kappa shape index (κ3) is 5.67. The monoisotopic (exact) mass is 452 g/mol. The number of hydrogen-bond donors (Lipinski definition) is 3. The quantitative estimate of drug-likeness (QED) is 0.509. The summed E-state index contributed by atoms with van der Waals surface area (Å²) in [6.45, 7) is 1.73. The summed E-state index contributed by atoms with van der Waals surface area (Å²) in [5.74, 6) is -1.09. The summed E-state index contributed by atoms with van der Waals surface area (Å²) in [6, 6.07) is 6.69. The minimum atomic E-state index is -4.72. The van der Waals surface area contributed by atoms with Crippen LogP contribution in [0.5, 0.6) is 0 Å². The van der Waals surface area contributed by atoms with Gasteiger partial charge in [-0.25, -0.2) is 4.68 Å². The van der Waals surface area contributed by atoms with Crippen molar-refractivity contribution in [3.8, 4) is 5.69 Å². The maximum atomic E-state index is 13.2. The van der Waals surface area contributed by atoms with Gasteiger partial charge in [0.05, 0.1) is 30.5 Å². The molecule has 0 saturated heterocycles. The van der Waals surface area contributed by atoms with Crippen molar-refractivity contribution in [1.82, 2.24) is 25.4 Å². The summed E-state index contributed by atoms with van der Waals surface area (Å²) in [5, 5.41) is 10.3. The zero-order chi connectivity index (χ0) is 22.6. The number of aromatic nitrogens is 3. The van der Waals surface area contributed by atoms with E-state index in [2.05, 4.69) is 20.7 Å². The number of hydrogen-bond acceptors (Lipinski definition) is 6. The SMILES string of the molecule is C[C@H](N)C(=O)NCc1cc(-n2nc(C(F)(F)F)cc2C(=O)NCc2ccccn2)cs1. The van der Waals surface area contributed by atoms with Crippen LogP contribution in [0.3, 0.4) is 0 Å². The summed E-state index contributed by atoms with van der Waals surface area (Å²) in [4.78, 5) is 28.9. The fourth-order valence-electron chi connectivity index (χ4n) is 2.55. The molecule has 3 aromatic rings. The number of carbonyl (C=O) groups is 2. The summed E-state index contributed by atoms with van der Waals surface area (Å²) in [6.07, 6.45) is -3.17. The zero-order valence-electron chi connectivity index (χ0n) is 16.3. The second-order valence-corrected chi connectivity index (χ2v) is 7.60. The average molecular weight is 452 g/mol. The average Bonchev–Trinajstić information content (AvgIpc) is 3.37. The molecular formula is C19H19F3N6O2S. The Morgan fingerprint density at radius 2 is 2.00 bits per heavy atom. The molecule has 0 fully saturated rings. The molecule has 3 rings (SSSR count). The highest BCUT2D eigenvalue weighted by atomic mass is 32.1. The number of alkyl halides is 3. The molecule has 3 heterocycles. The Balaban J connectivity index is 1.83. The van der Waals surface area contributed by atoms with E-state index in [1.807, 2.05) is 0 Å². The minimum Gasteiger partial charge on any atom is -0.350 e. The Bertz CT molecular complexity index is 1060. The smallest absolute Gasteiger partial charge is 0.350 e. The van der Waals surface area contributed by atoms with Gasteiger partial charge >= 0.3 is 6.18 Å². The van der Waals surface area contributed by atoms with Crippen LogP contribution in [0.4, 0.5) is 13.2 Å². The molecule has 0 saturated carbocycles. The largest absolute Gasteiger partial charge is 0.435 e. The van der Waals surface area contributed by atoms with Gasteiger partial charge in [0, 0.05) is 22.5 Å². The molecule has 0 aliphatic carbocycles. The lowest BCUT2D eigenvalue weighted by molar-refractivity contribution is -0.141. The number of nitrogens with two attached hydrogens (primary N) is 1. The third-order valence-electron chi connectivity index (χ3n) is 4.12. The minimum absolute atomic E-state index is 0.0460. The van der Waals surface area contributed by atoms with E-state index in [1.165, 1.54) is 18.3 Å². The predicted molar refractivity (Wildman–Crippen MR) is 107 cm³/mol. The number of amides is 2. The number of rotatable bonds is 7. The van der Waals surface area contributed by atoms with E-state index in [0.717, 1.165) is 4.68 Å². The molecule has 1 atom stereocenters. The van der Waals surface area contributed by atoms with Crippen LogP contribution in [0.25, 0.3) is 5.69 Å². The highest BCUT2D eigenvalue weighted by Gasteiger charge is 2.36. The molecular weight excluding hydrogens is 433 g/mol. The molecule has 8 nitrogen and oxygen atoms in total. The lowest BCUT2D eigenvalue weighted by Crippen LogP contribution is -2.37. The van der Waals surface area contributed by atoms with Gasteiger partial charge in [-0.15, -0.1) is 11.3 Å². The van der Waals surface area contributed by atoms with Crippen LogP contribution in [0, 0.1) is 0 Å². The van der Waals surface area contributed by atoms with E-state index < -0.39 is 23.8 Å². The Labute approximate surface area is 179 Å². The van der Waals surface area contributed by atoms with Gasteiger partial charge in [0.15, 0.2) is 5.69 Å². The molecule has 2 amide bonds. The maximum Gasteiger partial charge on any atom is 0.435 e. The first-order chi connectivity index (χ1) is 14.6. The molecule has 164 valence electrons. The summed E-state index contributed by atoms with van der Waals surface area (Å²) < 4.78 is 40.6. The van der Waals surface area contributed by atoms with Gasteiger partial charge in [-0.2, -0.15) is 18.3 Å². The standard InChI is InChI=1S/C19H19F3N6O2S/c1-11(23)17(29)26-9-14-6-13(10-31-14)28-15(7-16(27-28)19(20,21)22)18(30)25-8-12-4-2-3-5-24-12/h2-7,10-11H,8-9,23H2,1H3,(H,25,30)(H,26,29)/t11-/m0/s1. The van der Waals surface area contributed by atoms with Crippen molar-refractivity contribution in [2.45, 2.75) is 32.2 Å². The topological polar surface area (TPSA) is 115 Å². The summed E-state index contributed by atoms with van der Waals surface area (Å²) in [7, 11) is 0. The molecule has 0 aromatic carbocycles. The molecule has 0 radical (unpaired) electrons. The van der Waals surface area contributed by atoms with Gasteiger partial charge in [-0.1, -0.05) is 6.07 Å². The van der Waals surface area contributed by atoms with Crippen molar-refractivity contribution in [3.63, 3.8) is 0 Å². The van der Waals surface area contributed by atoms with Gasteiger partial charge in [-0.3, -0.25) is 14.6 Å². The number of nitrogens with zero attached hydrogens (tertiary/aromatic N) is 3. The van der Waals surface area contributed by atoms with E-state index in [4.69, 9.17) is 5.73 Å². The van der Waals surface area contributed by atoms with Gasteiger partial charge in [0.25, 0.3) is 5.91 Å². The number of nitrogens with one attached hydrogen (secondary N) is 2. The lowest BCUT2D eigenvalue weighted by atomic mass is 10.3. The molecule has 3 aromatic heterocycles. The lowest BCUT2D eigenvalue weighted by Gasteiger charge is -2.07. The Hall–Kier alpha value is -3.25. The molecule has 0 spiro atoms. The second-order valence-electron chi connectivity index (χ2n) is 6.61. The first-order valence-electron chi connectivity index (χ1n) is 9.11. The fourth-order valence-corrected chi connectivity index (χ4v) is 3.33. The first kappa shape index (κ1) is 22.4. The maximum absolute atomic E-state index is 13.2. The predicted octanol–water partition coefficient (Wildman–Crippen LogP) is 2.24. The van der Waals surface area contributed by atoms with Crippen molar-refractivity contribution >= 4 is 23.2 Å². The Morgan fingerprint density at radius 1 is 1.23 bits per heavy atom. The zero-order valence-corrected chi connectivity index (χ0v) is 17.1. The molecule has 31 heavy (non-hydrogen) atoms. The van der Waals surface area contributed by atoms with Gasteiger partial charge in [0.2, 0.25) is 5.91 Å². The van der Waals surface area contributed by atoms with Crippen molar-refractivity contribution in [2.75, 3.05) is 0 Å². The van der Waals surface area contributed by atoms with Crippen LogP contribution >= 0.6 is 11.3 Å². The van der Waals surface area contributed by atoms with E-state index in [1.54, 1.807) is 35.8 Å². The van der Waals surface area contributed by atoms with E-state index >= 15 is 0 Å². The highest BCUT2D eigenvalue weighted by molar-refractivity contribution is 7.10. The van der Waals surface area contributed by atoms with Crippen LogP contribution in [0.15, 0.2) is 41.9 Å². The molecule has 0 unspecified atom stereocenters. The molecule has 0 aliphatic heterocycles. The molecule has 12 heteroatoms. The van der Waals surface area contributed by atoms with Gasteiger partial charge < -0.3 is 16.4 Å². The van der Waals surface area contributed by atoms with Crippen LogP contribution in [0.2, 0.25) is 0 Å². The van der Waals surface area contributed by atoms with Crippen LogP contribution in [0.1, 0.15) is 33.7 Å². The van der Waals surface area contributed by atoms with Gasteiger partial charge in [0.1, 0.15) is 5.69 Å². The highest BCUT2D eigenvalue weighted by Crippen LogP contribution is 2.30. The number of pyridine rings is 1. The van der Waals surface area contributed by atoms with E-state index in [0.29, 0.717) is 16.6 Å². The molecule has 0 bridgehead atoms. The third-order valence-corrected chi connectivity index (χ3v) is 5.05. The van der Waals surface area contributed by atoms with Crippen LogP contribution in [-0.4, -0.2) is 32.6 Å². The van der Waals surface area contributed by atoms with Crippen molar-refractivity contribution < 1.29 is 22.8 Å². The summed E-state index contributed by atoms with van der Waals surface area (Å²) in [5.41, 5.74) is 4.86. The number of thiophene rings is 1. The Morgan fingerprint density at radius 3 is 2.65 bits per heavy atom. The number of carbonyl (C=O) groups excluding carboxylic acids is 2. The second kappa shape index (κ2) is 9.27. The summed E-state index contributed by atoms with van der Waals surface area (Å²) >= 11 is 1.21. The van der Waals surface area contributed by atoms with E-state index in [9.17, 15) is 22.8 Å². The van der Waals surface area contributed by atoms with Gasteiger partial charge in [-0.05, 0) is 25.1 Å². The first-order valence-corrected chi connectivity index (χ1v) is 9.99. The van der Waals surface area contributed by atoms with E-state index in [-0.39, 0.29) is 30.4 Å². The van der Waals surface area contributed by atoms with Crippen LogP contribution < -0.4 is 16.4 Å². The fraction of sp³-hybridized carbons (Fsp3) is 0.263. The van der Waals surface area contributed by atoms with Crippen molar-refractivity contribution in [1.29, 1.82) is 0 Å².